The summed E-state index contributed by atoms with van der Waals surface area (Å²) in [6.45, 7) is 8.35. The number of piperidine rings is 1. The van der Waals surface area contributed by atoms with E-state index in [1.165, 1.54) is 0 Å². The van der Waals surface area contributed by atoms with Crippen LogP contribution in [0.1, 0.15) is 63.2 Å². The highest BCUT2D eigenvalue weighted by Gasteiger charge is 2.54. The van der Waals surface area contributed by atoms with Gasteiger partial charge < -0.3 is 24.4 Å². The maximum Gasteiger partial charge on any atom is 0.256 e. The Kier molecular flexibility index (Phi) is 7.90. The van der Waals surface area contributed by atoms with Crippen LogP contribution in [-0.4, -0.2) is 85.3 Å². The van der Waals surface area contributed by atoms with Crippen molar-refractivity contribution < 1.29 is 28.6 Å². The first-order valence-electron chi connectivity index (χ1n) is 12.9. The summed E-state index contributed by atoms with van der Waals surface area (Å²) in [4.78, 5) is 43.4. The number of benzene rings is 1. The van der Waals surface area contributed by atoms with Gasteiger partial charge in [0.05, 0.1) is 19.8 Å². The predicted molar refractivity (Wildman–Crippen MR) is 134 cm³/mol. The van der Waals surface area contributed by atoms with Crippen molar-refractivity contribution in [2.45, 2.75) is 70.7 Å². The fourth-order valence-electron chi connectivity index (χ4n) is 5.25. The van der Waals surface area contributed by atoms with E-state index >= 15 is 0 Å². The van der Waals surface area contributed by atoms with Crippen molar-refractivity contribution in [2.75, 3.05) is 40.0 Å². The molecule has 0 saturated carbocycles. The lowest BCUT2D eigenvalue weighted by Gasteiger charge is -2.45. The monoisotopic (exact) mass is 501 g/mol. The molecule has 2 atom stereocenters. The predicted octanol–water partition coefficient (Wildman–Crippen LogP) is 2.59. The number of nitrogens with zero attached hydrogens (tertiary/aromatic N) is 2. The van der Waals surface area contributed by atoms with Crippen molar-refractivity contribution >= 4 is 17.7 Å². The number of nitrogens with one attached hydrogen (secondary N) is 1. The molecule has 1 spiro atoms. The highest BCUT2D eigenvalue weighted by Crippen LogP contribution is 2.39. The minimum Gasteiger partial charge on any atom is -0.497 e. The smallest absolute Gasteiger partial charge is 0.256 e. The standard InChI is InChI=1S/C27H39N3O6/c1-26(2,3)16-23(31)29-13-11-27(12-14-29)30(25(33)19-7-9-20(34-4)10-8-19)22(18-36-27)24(32)28-17-21-6-5-15-35-21/h7-10,21-22H,5-6,11-18H2,1-4H3,(H,28,32)/t21-,22-/m0/s1. The number of likely N-dealkylation sites (tertiary alicyclic amines) is 1. The molecule has 3 heterocycles. The van der Waals surface area contributed by atoms with E-state index in [1.54, 1.807) is 36.3 Å². The highest BCUT2D eigenvalue weighted by molar-refractivity contribution is 5.98. The van der Waals surface area contributed by atoms with Crippen molar-refractivity contribution in [2.24, 2.45) is 5.41 Å². The molecule has 0 unspecified atom stereocenters. The number of rotatable bonds is 6. The van der Waals surface area contributed by atoms with Crippen molar-refractivity contribution in [3.05, 3.63) is 29.8 Å². The summed E-state index contributed by atoms with van der Waals surface area (Å²) >= 11 is 0. The molecule has 3 amide bonds. The van der Waals surface area contributed by atoms with Crippen LogP contribution in [-0.2, 0) is 19.1 Å². The Morgan fingerprint density at radius 3 is 2.42 bits per heavy atom. The second-order valence-electron chi connectivity index (χ2n) is 11.2. The van der Waals surface area contributed by atoms with Gasteiger partial charge in [-0.15, -0.1) is 0 Å². The van der Waals surface area contributed by atoms with Crippen LogP contribution in [0.25, 0.3) is 0 Å². The minimum absolute atomic E-state index is 0.00744. The second kappa shape index (κ2) is 10.8. The Hall–Kier alpha value is -2.65. The zero-order valence-corrected chi connectivity index (χ0v) is 21.9. The van der Waals surface area contributed by atoms with Gasteiger partial charge in [-0.2, -0.15) is 0 Å². The van der Waals surface area contributed by atoms with Gasteiger partial charge in [0.25, 0.3) is 5.91 Å². The number of hydrogen-bond donors (Lipinski definition) is 1. The molecular weight excluding hydrogens is 462 g/mol. The molecule has 3 aliphatic heterocycles. The first-order valence-corrected chi connectivity index (χ1v) is 12.9. The average Bonchev–Trinajstić information content (AvgIpc) is 3.50. The Morgan fingerprint density at radius 2 is 1.83 bits per heavy atom. The second-order valence-corrected chi connectivity index (χ2v) is 11.2. The van der Waals surface area contributed by atoms with Gasteiger partial charge in [0.1, 0.15) is 17.5 Å². The van der Waals surface area contributed by atoms with Crippen molar-refractivity contribution in [1.29, 1.82) is 0 Å². The molecule has 36 heavy (non-hydrogen) atoms. The molecule has 198 valence electrons. The Bertz CT molecular complexity index is 943. The van der Waals surface area contributed by atoms with E-state index < -0.39 is 11.8 Å². The Morgan fingerprint density at radius 1 is 1.14 bits per heavy atom. The van der Waals surface area contributed by atoms with Crippen LogP contribution in [0.4, 0.5) is 0 Å². The number of ether oxygens (including phenoxy) is 3. The normalized spacial score (nSPS) is 23.7. The van der Waals surface area contributed by atoms with Crippen LogP contribution in [0.2, 0.25) is 0 Å². The summed E-state index contributed by atoms with van der Waals surface area (Å²) in [5.74, 6) is 0.252. The minimum atomic E-state index is -0.929. The molecule has 3 fully saturated rings. The zero-order chi connectivity index (χ0) is 25.9. The molecular formula is C27H39N3O6. The maximum absolute atomic E-state index is 13.8. The van der Waals surface area contributed by atoms with Crippen LogP contribution in [0.5, 0.6) is 5.75 Å². The fraction of sp³-hybridized carbons (Fsp3) is 0.667. The maximum atomic E-state index is 13.8. The number of amides is 3. The zero-order valence-electron chi connectivity index (χ0n) is 21.9. The van der Waals surface area contributed by atoms with E-state index in [2.05, 4.69) is 5.32 Å². The van der Waals surface area contributed by atoms with E-state index in [1.807, 2.05) is 25.7 Å². The summed E-state index contributed by atoms with van der Waals surface area (Å²) in [5.41, 5.74) is -0.566. The fourth-order valence-corrected chi connectivity index (χ4v) is 5.25. The van der Waals surface area contributed by atoms with Crippen molar-refractivity contribution in [3.63, 3.8) is 0 Å². The van der Waals surface area contributed by atoms with Crippen LogP contribution in [0, 0.1) is 5.41 Å². The van der Waals surface area contributed by atoms with Gasteiger partial charge in [-0.1, -0.05) is 20.8 Å². The summed E-state index contributed by atoms with van der Waals surface area (Å²) in [6.07, 6.45) is 3.29. The quantitative estimate of drug-likeness (QED) is 0.644. The van der Waals surface area contributed by atoms with E-state index in [4.69, 9.17) is 14.2 Å². The highest BCUT2D eigenvalue weighted by atomic mass is 16.5. The van der Waals surface area contributed by atoms with Crippen LogP contribution in [0.3, 0.4) is 0 Å². The van der Waals surface area contributed by atoms with E-state index in [-0.39, 0.29) is 35.8 Å². The Balaban J connectivity index is 1.52. The van der Waals surface area contributed by atoms with Crippen molar-refractivity contribution in [1.82, 2.24) is 15.1 Å². The largest absolute Gasteiger partial charge is 0.497 e. The molecule has 1 aromatic rings. The molecule has 1 N–H and O–H groups in total. The Labute approximate surface area is 213 Å². The lowest BCUT2D eigenvalue weighted by atomic mass is 9.90. The van der Waals surface area contributed by atoms with Gasteiger partial charge >= 0.3 is 0 Å². The van der Waals surface area contributed by atoms with Gasteiger partial charge in [-0.25, -0.2) is 0 Å². The molecule has 3 saturated heterocycles. The SMILES string of the molecule is COc1ccc(C(=O)N2[C@H](C(=O)NC[C@@H]3CCCO3)COC23CCN(C(=O)CC(C)(C)C)CC3)cc1. The van der Waals surface area contributed by atoms with Gasteiger partial charge in [0, 0.05) is 51.1 Å². The van der Waals surface area contributed by atoms with Gasteiger partial charge in [0.2, 0.25) is 11.8 Å². The third-order valence-corrected chi connectivity index (χ3v) is 7.23. The topological polar surface area (TPSA) is 97.4 Å². The van der Waals surface area contributed by atoms with Gasteiger partial charge in [-0.3, -0.25) is 19.3 Å². The number of carbonyl (C=O) groups is 3. The molecule has 3 aliphatic rings. The van der Waals surface area contributed by atoms with Crippen molar-refractivity contribution in [3.8, 4) is 5.75 Å². The number of carbonyl (C=O) groups excluding carboxylic acids is 3. The van der Waals surface area contributed by atoms with Crippen LogP contribution in [0.15, 0.2) is 24.3 Å². The third-order valence-electron chi connectivity index (χ3n) is 7.23. The molecule has 9 heteroatoms. The molecule has 0 aliphatic carbocycles. The first-order chi connectivity index (χ1) is 17.1. The van der Waals surface area contributed by atoms with E-state index in [0.29, 0.717) is 56.8 Å². The van der Waals surface area contributed by atoms with E-state index in [0.717, 1.165) is 12.8 Å². The summed E-state index contributed by atoms with van der Waals surface area (Å²) in [6, 6.07) is 6.12. The van der Waals surface area contributed by atoms with Crippen LogP contribution < -0.4 is 10.1 Å². The average molecular weight is 502 g/mol. The molecule has 1 aromatic carbocycles. The molecule has 0 bridgehead atoms. The van der Waals surface area contributed by atoms with Gasteiger partial charge in [0.15, 0.2) is 0 Å². The summed E-state index contributed by atoms with van der Waals surface area (Å²) < 4.78 is 17.1. The molecule has 0 aromatic heterocycles. The number of methoxy groups -OCH3 is 1. The molecule has 4 rings (SSSR count). The third kappa shape index (κ3) is 5.83. The van der Waals surface area contributed by atoms with E-state index in [9.17, 15) is 14.4 Å². The lowest BCUT2D eigenvalue weighted by molar-refractivity contribution is -0.145. The molecule has 9 nitrogen and oxygen atoms in total. The van der Waals surface area contributed by atoms with Gasteiger partial charge in [-0.05, 0) is 42.5 Å². The first kappa shape index (κ1) is 26.4. The lowest BCUT2D eigenvalue weighted by Crippen LogP contribution is -2.60. The van der Waals surface area contributed by atoms with Crippen LogP contribution >= 0.6 is 0 Å². The summed E-state index contributed by atoms with van der Waals surface area (Å²) in [5, 5.41) is 2.97. The number of hydrogen-bond acceptors (Lipinski definition) is 6. The molecule has 0 radical (unpaired) electrons. The summed E-state index contributed by atoms with van der Waals surface area (Å²) in [7, 11) is 1.57.